The lowest BCUT2D eigenvalue weighted by molar-refractivity contribution is 1.12. The number of anilines is 3. The van der Waals surface area contributed by atoms with Gasteiger partial charge in [0.05, 0.1) is 8.79 Å². The van der Waals surface area contributed by atoms with Crippen molar-refractivity contribution in [1.29, 1.82) is 0 Å². The summed E-state index contributed by atoms with van der Waals surface area (Å²) in [6.07, 6.45) is 1.53. The third kappa shape index (κ3) is 3.86. The van der Waals surface area contributed by atoms with Crippen LogP contribution in [0.15, 0.2) is 28.3 Å². The summed E-state index contributed by atoms with van der Waals surface area (Å²) in [6.45, 7) is 0.782. The van der Waals surface area contributed by atoms with E-state index in [1.165, 1.54) is 6.33 Å². The Morgan fingerprint density at radius 2 is 2.12 bits per heavy atom. The van der Waals surface area contributed by atoms with Crippen molar-refractivity contribution in [3.05, 3.63) is 28.3 Å². The van der Waals surface area contributed by atoms with Gasteiger partial charge < -0.3 is 10.6 Å². The minimum absolute atomic E-state index is 0.768. The summed E-state index contributed by atoms with van der Waals surface area (Å²) >= 11 is 9.17. The molecule has 0 spiro atoms. The van der Waals surface area contributed by atoms with Crippen molar-refractivity contribution in [3.63, 3.8) is 0 Å². The smallest absolute Gasteiger partial charge is 0.136 e. The summed E-state index contributed by atoms with van der Waals surface area (Å²) < 4.78 is 1.09. The average molecular weight is 331 g/mol. The first kappa shape index (κ1) is 12.7. The number of hydrogen-bond acceptors (Lipinski definition) is 6. The quantitative estimate of drug-likeness (QED) is 0.735. The largest absolute Gasteiger partial charge is 0.369 e. The van der Waals surface area contributed by atoms with E-state index in [9.17, 15) is 0 Å². The second-order valence-corrected chi connectivity index (χ2v) is 6.08. The van der Waals surface area contributed by atoms with Gasteiger partial charge in [0, 0.05) is 18.4 Å². The van der Waals surface area contributed by atoms with E-state index >= 15 is 0 Å². The molecule has 0 fully saturated rings. The molecule has 0 aliphatic rings. The van der Waals surface area contributed by atoms with Gasteiger partial charge in [0.2, 0.25) is 0 Å². The zero-order valence-electron chi connectivity index (χ0n) is 8.85. The first-order chi connectivity index (χ1) is 8.28. The maximum absolute atomic E-state index is 4.16. The number of thiophene rings is 1. The monoisotopic (exact) mass is 330 g/mol. The molecular weight excluding hydrogens is 320 g/mol. The van der Waals surface area contributed by atoms with E-state index in [0.29, 0.717) is 0 Å². The standard InChI is InChI=1S/C10H11BrN4S2/c11-7-1-2-10(17-7)15-9-5-8(12-3-4-16)13-6-14-9/h1-2,5-6,16H,3-4H2,(H2,12,13,14,15). The van der Waals surface area contributed by atoms with Crippen molar-refractivity contribution in [2.45, 2.75) is 0 Å². The Morgan fingerprint density at radius 3 is 2.82 bits per heavy atom. The van der Waals surface area contributed by atoms with Crippen molar-refractivity contribution in [2.24, 2.45) is 0 Å². The zero-order chi connectivity index (χ0) is 12.1. The predicted molar refractivity (Wildman–Crippen MR) is 79.7 cm³/mol. The Hall–Kier alpha value is -0.790. The van der Waals surface area contributed by atoms with Crippen molar-refractivity contribution < 1.29 is 0 Å². The first-order valence-electron chi connectivity index (χ1n) is 4.97. The highest BCUT2D eigenvalue weighted by Crippen LogP contribution is 2.28. The molecule has 2 N–H and O–H groups in total. The van der Waals surface area contributed by atoms with Crippen LogP contribution in [0.25, 0.3) is 0 Å². The molecule has 0 saturated carbocycles. The Balaban J connectivity index is 2.05. The lowest BCUT2D eigenvalue weighted by Gasteiger charge is -2.06. The molecule has 0 aliphatic carbocycles. The van der Waals surface area contributed by atoms with Crippen molar-refractivity contribution in [2.75, 3.05) is 22.9 Å². The fourth-order valence-electron chi connectivity index (χ4n) is 1.21. The van der Waals surface area contributed by atoms with Crippen LogP contribution in [0.5, 0.6) is 0 Å². The lowest BCUT2D eigenvalue weighted by atomic mass is 10.5. The minimum Gasteiger partial charge on any atom is -0.369 e. The molecule has 90 valence electrons. The predicted octanol–water partition coefficient (Wildman–Crippen LogP) is 3.39. The Morgan fingerprint density at radius 1 is 1.29 bits per heavy atom. The summed E-state index contributed by atoms with van der Waals surface area (Å²) in [7, 11) is 0. The topological polar surface area (TPSA) is 49.8 Å². The Kier molecular flexibility index (Phi) is 4.64. The van der Waals surface area contributed by atoms with Crippen molar-refractivity contribution in [1.82, 2.24) is 9.97 Å². The van der Waals surface area contributed by atoms with Gasteiger partial charge in [0.15, 0.2) is 0 Å². The molecule has 2 aromatic rings. The van der Waals surface area contributed by atoms with Gasteiger partial charge in [-0.15, -0.1) is 11.3 Å². The van der Waals surface area contributed by atoms with Gasteiger partial charge in [-0.1, -0.05) is 0 Å². The van der Waals surface area contributed by atoms with E-state index in [1.807, 2.05) is 18.2 Å². The van der Waals surface area contributed by atoms with E-state index in [-0.39, 0.29) is 0 Å². The highest BCUT2D eigenvalue weighted by molar-refractivity contribution is 9.11. The maximum Gasteiger partial charge on any atom is 0.136 e. The van der Waals surface area contributed by atoms with Crippen LogP contribution >= 0.6 is 39.9 Å². The molecule has 0 aliphatic heterocycles. The van der Waals surface area contributed by atoms with Gasteiger partial charge in [-0.05, 0) is 28.1 Å². The SMILES string of the molecule is SCCNc1cc(Nc2ccc(Br)s2)ncn1. The van der Waals surface area contributed by atoms with E-state index in [4.69, 9.17) is 0 Å². The molecule has 2 rings (SSSR count). The Bertz CT molecular complexity index is 489. The van der Waals surface area contributed by atoms with E-state index in [2.05, 4.69) is 49.2 Å². The lowest BCUT2D eigenvalue weighted by Crippen LogP contribution is -2.05. The molecule has 0 radical (unpaired) electrons. The highest BCUT2D eigenvalue weighted by atomic mass is 79.9. The zero-order valence-corrected chi connectivity index (χ0v) is 12.1. The molecular formula is C10H11BrN4S2. The summed E-state index contributed by atoms with van der Waals surface area (Å²) in [5, 5.41) is 7.41. The second-order valence-electron chi connectivity index (χ2n) is 3.17. The number of nitrogens with zero attached hydrogens (tertiary/aromatic N) is 2. The molecule has 0 aromatic carbocycles. The number of hydrogen-bond donors (Lipinski definition) is 3. The third-order valence-corrected chi connectivity index (χ3v) is 3.67. The summed E-state index contributed by atoms with van der Waals surface area (Å²) in [6, 6.07) is 5.86. The molecule has 2 aromatic heterocycles. The van der Waals surface area contributed by atoms with Crippen molar-refractivity contribution in [3.8, 4) is 0 Å². The number of aromatic nitrogens is 2. The molecule has 0 amide bonds. The van der Waals surface area contributed by atoms with Crippen molar-refractivity contribution >= 4 is 56.5 Å². The van der Waals surface area contributed by atoms with Crippen LogP contribution in [-0.2, 0) is 0 Å². The highest BCUT2D eigenvalue weighted by Gasteiger charge is 2.01. The van der Waals surface area contributed by atoms with Crippen LogP contribution in [0.1, 0.15) is 0 Å². The summed E-state index contributed by atoms with van der Waals surface area (Å²) in [5.74, 6) is 2.34. The molecule has 7 heteroatoms. The van der Waals surface area contributed by atoms with Crippen LogP contribution in [0.2, 0.25) is 0 Å². The van der Waals surface area contributed by atoms with Gasteiger partial charge in [-0.3, -0.25) is 0 Å². The van der Waals surface area contributed by atoms with E-state index < -0.39 is 0 Å². The van der Waals surface area contributed by atoms with Crippen LogP contribution < -0.4 is 10.6 Å². The van der Waals surface area contributed by atoms with Crippen LogP contribution in [-0.4, -0.2) is 22.3 Å². The van der Waals surface area contributed by atoms with Gasteiger partial charge in [0.1, 0.15) is 18.0 Å². The molecule has 0 atom stereocenters. The third-order valence-electron chi connectivity index (χ3n) is 1.91. The first-order valence-corrected chi connectivity index (χ1v) is 7.21. The number of nitrogens with one attached hydrogen (secondary N) is 2. The van der Waals surface area contributed by atoms with Gasteiger partial charge in [-0.25, -0.2) is 9.97 Å². The van der Waals surface area contributed by atoms with Crippen LogP contribution in [0, 0.1) is 0 Å². The van der Waals surface area contributed by atoms with E-state index in [1.54, 1.807) is 11.3 Å². The van der Waals surface area contributed by atoms with Gasteiger partial charge in [0.25, 0.3) is 0 Å². The Labute approximate surface area is 117 Å². The molecule has 4 nitrogen and oxygen atoms in total. The number of rotatable bonds is 5. The summed E-state index contributed by atoms with van der Waals surface area (Å²) in [5.41, 5.74) is 0. The van der Waals surface area contributed by atoms with Gasteiger partial charge in [-0.2, -0.15) is 12.6 Å². The van der Waals surface area contributed by atoms with Gasteiger partial charge >= 0.3 is 0 Å². The van der Waals surface area contributed by atoms with E-state index in [0.717, 1.165) is 32.7 Å². The molecule has 0 unspecified atom stereocenters. The second kappa shape index (κ2) is 6.23. The fourth-order valence-corrected chi connectivity index (χ4v) is 2.62. The van der Waals surface area contributed by atoms with Crippen LogP contribution in [0.4, 0.5) is 16.6 Å². The fraction of sp³-hybridized carbons (Fsp3) is 0.200. The number of halogens is 1. The number of thiol groups is 1. The molecule has 0 saturated heterocycles. The maximum atomic E-state index is 4.16. The normalized spacial score (nSPS) is 10.2. The molecule has 0 bridgehead atoms. The molecule has 2 heterocycles. The van der Waals surface area contributed by atoms with Crippen LogP contribution in [0.3, 0.4) is 0 Å². The minimum atomic E-state index is 0.768. The summed E-state index contributed by atoms with van der Waals surface area (Å²) in [4.78, 5) is 8.28. The average Bonchev–Trinajstić information content (AvgIpc) is 2.73. The molecule has 17 heavy (non-hydrogen) atoms.